The third-order valence-corrected chi connectivity index (χ3v) is 2.59. The van der Waals surface area contributed by atoms with Crippen molar-refractivity contribution in [1.29, 1.82) is 0 Å². The molecule has 0 aliphatic heterocycles. The van der Waals surface area contributed by atoms with E-state index in [0.717, 1.165) is 23.4 Å². The Balaban J connectivity index is 3.27. The molecule has 0 bridgehead atoms. The first-order valence-electron chi connectivity index (χ1n) is 5.65. The van der Waals surface area contributed by atoms with Crippen LogP contribution < -0.4 is 5.73 Å². The van der Waals surface area contributed by atoms with Crippen molar-refractivity contribution in [3.05, 3.63) is 40.6 Å². The molecule has 0 saturated carbocycles. The lowest BCUT2D eigenvalue weighted by Crippen LogP contribution is -1.99. The summed E-state index contributed by atoms with van der Waals surface area (Å²) < 4.78 is 0. The van der Waals surface area contributed by atoms with Gasteiger partial charge >= 0.3 is 0 Å². The maximum absolute atomic E-state index is 5.86. The molecule has 1 aromatic carbocycles. The van der Waals surface area contributed by atoms with Crippen molar-refractivity contribution in [2.24, 2.45) is 10.7 Å². The summed E-state index contributed by atoms with van der Waals surface area (Å²) in [7, 11) is 0. The van der Waals surface area contributed by atoms with E-state index in [1.165, 1.54) is 11.1 Å². The molecule has 0 amide bonds. The van der Waals surface area contributed by atoms with Crippen molar-refractivity contribution in [1.82, 2.24) is 0 Å². The minimum atomic E-state index is 0.755. The first kappa shape index (κ1) is 12.5. The van der Waals surface area contributed by atoms with Crippen LogP contribution in [0.4, 0.5) is 0 Å². The highest BCUT2D eigenvalue weighted by molar-refractivity contribution is 5.75. The van der Waals surface area contributed by atoms with Gasteiger partial charge in [0.1, 0.15) is 0 Å². The molecule has 0 fully saturated rings. The summed E-state index contributed by atoms with van der Waals surface area (Å²) in [5, 5.41) is 0. The van der Waals surface area contributed by atoms with Gasteiger partial charge in [-0.15, -0.1) is 0 Å². The minimum absolute atomic E-state index is 0.755. The fraction of sp³-hybridized carbons (Fsp3) is 0.357. The number of nitrogens with zero attached hydrogens (tertiary/aromatic N) is 1. The lowest BCUT2D eigenvalue weighted by molar-refractivity contribution is 1.13. The Kier molecular flexibility index (Phi) is 4.29. The second kappa shape index (κ2) is 5.50. The summed E-state index contributed by atoms with van der Waals surface area (Å²) in [4.78, 5) is 4.34. The molecule has 0 spiro atoms. The van der Waals surface area contributed by atoms with Crippen LogP contribution in [0.25, 0.3) is 5.70 Å². The summed E-state index contributed by atoms with van der Waals surface area (Å²) in [6.07, 6.45) is 2.83. The Bertz CT molecular complexity index is 424. The zero-order valence-corrected chi connectivity index (χ0v) is 10.5. The molecular formula is C14H20N2. The van der Waals surface area contributed by atoms with Gasteiger partial charge in [0.25, 0.3) is 0 Å². The molecule has 2 heteroatoms. The van der Waals surface area contributed by atoms with Gasteiger partial charge in [-0.3, -0.25) is 4.99 Å². The van der Waals surface area contributed by atoms with E-state index in [1.54, 1.807) is 6.21 Å². The van der Waals surface area contributed by atoms with Crippen molar-refractivity contribution in [3.63, 3.8) is 0 Å². The molecule has 16 heavy (non-hydrogen) atoms. The summed E-state index contributed by atoms with van der Waals surface area (Å²) in [6.45, 7) is 8.04. The van der Waals surface area contributed by atoms with Crippen LogP contribution in [0.2, 0.25) is 0 Å². The zero-order chi connectivity index (χ0) is 12.1. The second-order valence-electron chi connectivity index (χ2n) is 3.92. The average Bonchev–Trinajstić information content (AvgIpc) is 2.26. The van der Waals surface area contributed by atoms with Crippen molar-refractivity contribution >= 4 is 11.9 Å². The first-order chi connectivity index (χ1) is 7.60. The Hall–Kier alpha value is -1.57. The Morgan fingerprint density at radius 2 is 2.12 bits per heavy atom. The first-order valence-corrected chi connectivity index (χ1v) is 5.65. The molecule has 86 valence electrons. The van der Waals surface area contributed by atoms with Crippen LogP contribution >= 0.6 is 0 Å². The maximum Gasteiger partial charge on any atom is 0.0884 e. The molecule has 0 aromatic heterocycles. The van der Waals surface area contributed by atoms with Gasteiger partial charge in [0.15, 0.2) is 0 Å². The van der Waals surface area contributed by atoms with Crippen LogP contribution in [-0.4, -0.2) is 6.21 Å². The smallest absolute Gasteiger partial charge is 0.0884 e. The molecule has 0 heterocycles. The number of allylic oxidation sites excluding steroid dienone is 1. The van der Waals surface area contributed by atoms with Crippen LogP contribution in [0.1, 0.15) is 37.5 Å². The number of hydrogen-bond acceptors (Lipinski definition) is 2. The zero-order valence-electron chi connectivity index (χ0n) is 10.5. The normalized spacial score (nSPS) is 13.0. The van der Waals surface area contributed by atoms with Gasteiger partial charge in [0, 0.05) is 17.5 Å². The van der Waals surface area contributed by atoms with E-state index in [4.69, 9.17) is 5.73 Å². The number of benzene rings is 1. The van der Waals surface area contributed by atoms with Crippen LogP contribution in [-0.2, 0) is 6.42 Å². The highest BCUT2D eigenvalue weighted by Gasteiger charge is 2.06. The molecule has 0 unspecified atom stereocenters. The molecule has 2 N–H and O–H groups in total. The molecule has 0 radical (unpaired) electrons. The highest BCUT2D eigenvalue weighted by Crippen LogP contribution is 2.22. The van der Waals surface area contributed by atoms with E-state index in [0.29, 0.717) is 0 Å². The average molecular weight is 216 g/mol. The van der Waals surface area contributed by atoms with Gasteiger partial charge in [-0.05, 0) is 38.3 Å². The van der Waals surface area contributed by atoms with E-state index >= 15 is 0 Å². The largest absolute Gasteiger partial charge is 0.401 e. The predicted molar refractivity (Wildman–Crippen MR) is 71.5 cm³/mol. The molecule has 1 aromatic rings. The Morgan fingerprint density at radius 1 is 1.44 bits per heavy atom. The van der Waals surface area contributed by atoms with E-state index in [9.17, 15) is 0 Å². The molecule has 0 aliphatic rings. The summed E-state index contributed by atoms with van der Waals surface area (Å²) in [5.74, 6) is 0. The summed E-state index contributed by atoms with van der Waals surface area (Å²) in [6, 6.07) is 6.44. The highest BCUT2D eigenvalue weighted by atomic mass is 14.8. The van der Waals surface area contributed by atoms with Crippen LogP contribution in [0.15, 0.2) is 28.9 Å². The fourth-order valence-electron chi connectivity index (χ4n) is 1.72. The number of nitrogens with two attached hydrogens (primary N) is 1. The van der Waals surface area contributed by atoms with Gasteiger partial charge < -0.3 is 5.73 Å². The molecule has 2 nitrogen and oxygen atoms in total. The van der Waals surface area contributed by atoms with Crippen molar-refractivity contribution in [3.8, 4) is 0 Å². The SMILES string of the molecule is CC=N/C(=C(\C)N)c1ccc(CC)cc1C. The number of rotatable bonds is 3. The predicted octanol–water partition coefficient (Wildman–Crippen LogP) is 3.30. The van der Waals surface area contributed by atoms with E-state index in [1.807, 2.05) is 13.8 Å². The molecule has 1 rings (SSSR count). The van der Waals surface area contributed by atoms with Crippen molar-refractivity contribution < 1.29 is 0 Å². The van der Waals surface area contributed by atoms with Gasteiger partial charge in [0.2, 0.25) is 0 Å². The number of aryl methyl sites for hydroxylation is 2. The Labute approximate surface area is 97.9 Å². The fourth-order valence-corrected chi connectivity index (χ4v) is 1.72. The molecule has 0 atom stereocenters. The summed E-state index contributed by atoms with van der Waals surface area (Å²) in [5.41, 5.74) is 11.2. The van der Waals surface area contributed by atoms with Crippen LogP contribution in [0.3, 0.4) is 0 Å². The molecule has 0 aliphatic carbocycles. The maximum atomic E-state index is 5.86. The summed E-state index contributed by atoms with van der Waals surface area (Å²) >= 11 is 0. The molecular weight excluding hydrogens is 196 g/mol. The van der Waals surface area contributed by atoms with E-state index in [-0.39, 0.29) is 0 Å². The third kappa shape index (κ3) is 2.72. The Morgan fingerprint density at radius 3 is 2.56 bits per heavy atom. The van der Waals surface area contributed by atoms with Gasteiger partial charge in [-0.2, -0.15) is 0 Å². The lowest BCUT2D eigenvalue weighted by Gasteiger charge is -2.09. The minimum Gasteiger partial charge on any atom is -0.401 e. The monoisotopic (exact) mass is 216 g/mol. The van der Waals surface area contributed by atoms with Gasteiger partial charge in [0.05, 0.1) is 5.70 Å². The number of hydrogen-bond donors (Lipinski definition) is 1. The van der Waals surface area contributed by atoms with Crippen molar-refractivity contribution in [2.75, 3.05) is 0 Å². The topological polar surface area (TPSA) is 38.4 Å². The second-order valence-corrected chi connectivity index (χ2v) is 3.92. The van der Waals surface area contributed by atoms with Gasteiger partial charge in [-0.1, -0.05) is 25.1 Å². The van der Waals surface area contributed by atoms with Crippen LogP contribution in [0.5, 0.6) is 0 Å². The van der Waals surface area contributed by atoms with E-state index < -0.39 is 0 Å². The molecule has 0 saturated heterocycles. The number of aliphatic imine (C=N–C) groups is 1. The lowest BCUT2D eigenvalue weighted by atomic mass is 10.0. The van der Waals surface area contributed by atoms with E-state index in [2.05, 4.69) is 37.0 Å². The third-order valence-electron chi connectivity index (χ3n) is 2.59. The quantitative estimate of drug-likeness (QED) is 0.773. The van der Waals surface area contributed by atoms with Crippen molar-refractivity contribution in [2.45, 2.75) is 34.1 Å². The van der Waals surface area contributed by atoms with Crippen LogP contribution in [0, 0.1) is 6.92 Å². The standard InChI is InChI=1S/C14H20N2/c1-5-12-7-8-13(10(3)9-12)14(11(4)15)16-6-2/h6-9H,5,15H2,1-4H3/b14-11+,16-6?. The van der Waals surface area contributed by atoms with Gasteiger partial charge in [-0.25, -0.2) is 0 Å².